The Morgan fingerprint density at radius 3 is 2.65 bits per heavy atom. The quantitative estimate of drug-likeness (QED) is 0.843. The second-order valence-electron chi connectivity index (χ2n) is 7.40. The number of likely N-dealkylation sites (N-methyl/N-ethyl adjacent to an activating group) is 1. The van der Waals surface area contributed by atoms with Gasteiger partial charge in [-0.1, -0.05) is 6.07 Å². The molecule has 5 nitrogen and oxygen atoms in total. The Balaban J connectivity index is 1.46. The Kier molecular flexibility index (Phi) is 4.97. The number of likely N-dealkylation sites (tertiary alicyclic amines) is 2. The molecule has 23 heavy (non-hydrogen) atoms. The lowest BCUT2D eigenvalue weighted by molar-refractivity contribution is -0.134. The summed E-state index contributed by atoms with van der Waals surface area (Å²) in [6.45, 7) is 5.52. The molecule has 1 aromatic heterocycles. The van der Waals surface area contributed by atoms with Crippen LogP contribution in [0.5, 0.6) is 0 Å². The standard InChI is InChI=1S/C18H28N4O/c1-20-9-5-18(15-20)6-10-22(11-7-18)17(23)14-21(2)13-16-4-3-8-19-12-16/h3-4,8,12H,5-7,9-11,13-15H2,1-2H3. The highest BCUT2D eigenvalue weighted by molar-refractivity contribution is 5.78. The minimum atomic E-state index is 0.262. The van der Waals surface area contributed by atoms with E-state index in [0.717, 1.165) is 38.0 Å². The predicted octanol–water partition coefficient (Wildman–Crippen LogP) is 1.46. The maximum atomic E-state index is 12.5. The number of hydrogen-bond donors (Lipinski definition) is 0. The molecule has 0 atom stereocenters. The molecule has 1 spiro atoms. The van der Waals surface area contributed by atoms with E-state index in [9.17, 15) is 4.79 Å². The van der Waals surface area contributed by atoms with Crippen molar-refractivity contribution in [2.24, 2.45) is 5.41 Å². The van der Waals surface area contributed by atoms with Crippen molar-refractivity contribution in [1.29, 1.82) is 0 Å². The molecule has 126 valence electrons. The number of carbonyl (C=O) groups excluding carboxylic acids is 1. The molecule has 2 saturated heterocycles. The Hall–Kier alpha value is -1.46. The van der Waals surface area contributed by atoms with Gasteiger partial charge in [-0.15, -0.1) is 0 Å². The molecule has 0 saturated carbocycles. The van der Waals surface area contributed by atoms with Crippen LogP contribution in [-0.4, -0.2) is 72.4 Å². The van der Waals surface area contributed by atoms with Crippen LogP contribution in [0.1, 0.15) is 24.8 Å². The first-order valence-corrected chi connectivity index (χ1v) is 8.60. The normalized spacial score (nSPS) is 21.3. The molecule has 0 unspecified atom stereocenters. The number of nitrogens with zero attached hydrogens (tertiary/aromatic N) is 4. The fourth-order valence-electron chi connectivity index (χ4n) is 3.99. The first kappa shape index (κ1) is 16.4. The molecule has 1 aromatic rings. The van der Waals surface area contributed by atoms with Gasteiger partial charge in [-0.3, -0.25) is 14.7 Å². The summed E-state index contributed by atoms with van der Waals surface area (Å²) in [4.78, 5) is 23.2. The molecule has 1 amide bonds. The highest BCUT2D eigenvalue weighted by Crippen LogP contribution is 2.39. The second-order valence-corrected chi connectivity index (χ2v) is 7.40. The van der Waals surface area contributed by atoms with Crippen molar-refractivity contribution >= 4 is 5.91 Å². The van der Waals surface area contributed by atoms with Crippen LogP contribution in [0, 0.1) is 5.41 Å². The molecular formula is C18H28N4O. The monoisotopic (exact) mass is 316 g/mol. The van der Waals surface area contributed by atoms with E-state index in [1.807, 2.05) is 19.3 Å². The zero-order valence-electron chi connectivity index (χ0n) is 14.4. The van der Waals surface area contributed by atoms with Gasteiger partial charge in [0, 0.05) is 38.6 Å². The van der Waals surface area contributed by atoms with Gasteiger partial charge in [-0.25, -0.2) is 0 Å². The van der Waals surface area contributed by atoms with Crippen LogP contribution in [0.25, 0.3) is 0 Å². The van der Waals surface area contributed by atoms with E-state index < -0.39 is 0 Å². The Bertz CT molecular complexity index is 525. The summed E-state index contributed by atoms with van der Waals surface area (Å²) < 4.78 is 0. The Morgan fingerprint density at radius 2 is 2.04 bits per heavy atom. The van der Waals surface area contributed by atoms with Gasteiger partial charge in [0.25, 0.3) is 0 Å². The van der Waals surface area contributed by atoms with Gasteiger partial charge in [0.05, 0.1) is 6.54 Å². The van der Waals surface area contributed by atoms with Crippen LogP contribution in [0.4, 0.5) is 0 Å². The number of amides is 1. The van der Waals surface area contributed by atoms with Crippen molar-refractivity contribution in [3.8, 4) is 0 Å². The van der Waals surface area contributed by atoms with Gasteiger partial charge in [0.15, 0.2) is 0 Å². The molecule has 3 rings (SSSR count). The molecule has 2 aliphatic rings. The third-order valence-electron chi connectivity index (χ3n) is 5.39. The van der Waals surface area contributed by atoms with Crippen molar-refractivity contribution in [2.45, 2.75) is 25.8 Å². The maximum absolute atomic E-state index is 12.5. The molecule has 3 heterocycles. The number of piperidine rings is 1. The molecule has 0 bridgehead atoms. The molecule has 0 radical (unpaired) electrons. The van der Waals surface area contributed by atoms with Crippen LogP contribution < -0.4 is 0 Å². The summed E-state index contributed by atoms with van der Waals surface area (Å²) >= 11 is 0. The van der Waals surface area contributed by atoms with Crippen LogP contribution in [-0.2, 0) is 11.3 Å². The third kappa shape index (κ3) is 4.09. The lowest BCUT2D eigenvalue weighted by Crippen LogP contribution is -2.47. The predicted molar refractivity (Wildman–Crippen MR) is 90.9 cm³/mol. The summed E-state index contributed by atoms with van der Waals surface area (Å²) in [6, 6.07) is 3.99. The topological polar surface area (TPSA) is 39.7 Å². The Labute approximate surface area is 139 Å². The number of aromatic nitrogens is 1. The van der Waals surface area contributed by atoms with Gasteiger partial charge in [-0.05, 0) is 56.9 Å². The van der Waals surface area contributed by atoms with Gasteiger partial charge in [0.2, 0.25) is 5.91 Å². The largest absolute Gasteiger partial charge is 0.342 e. The summed E-state index contributed by atoms with van der Waals surface area (Å²) in [5, 5.41) is 0. The van der Waals surface area contributed by atoms with Crippen LogP contribution in [0.15, 0.2) is 24.5 Å². The number of carbonyl (C=O) groups is 1. The fourth-order valence-corrected chi connectivity index (χ4v) is 3.99. The van der Waals surface area contributed by atoms with Crippen LogP contribution in [0.2, 0.25) is 0 Å². The number of rotatable bonds is 4. The van der Waals surface area contributed by atoms with Crippen molar-refractivity contribution in [1.82, 2.24) is 19.7 Å². The van der Waals surface area contributed by atoms with Gasteiger partial charge in [0.1, 0.15) is 0 Å². The van der Waals surface area contributed by atoms with Crippen molar-refractivity contribution in [3.05, 3.63) is 30.1 Å². The number of hydrogen-bond acceptors (Lipinski definition) is 4. The van der Waals surface area contributed by atoms with E-state index in [1.54, 1.807) is 6.20 Å². The highest BCUT2D eigenvalue weighted by Gasteiger charge is 2.40. The van der Waals surface area contributed by atoms with E-state index in [-0.39, 0.29) is 5.91 Å². The first-order chi connectivity index (χ1) is 11.1. The summed E-state index contributed by atoms with van der Waals surface area (Å²) in [5.74, 6) is 0.262. The molecule has 0 N–H and O–H groups in total. The van der Waals surface area contributed by atoms with E-state index in [0.29, 0.717) is 12.0 Å². The van der Waals surface area contributed by atoms with E-state index >= 15 is 0 Å². The van der Waals surface area contributed by atoms with Crippen LogP contribution >= 0.6 is 0 Å². The second kappa shape index (κ2) is 6.97. The lowest BCUT2D eigenvalue weighted by Gasteiger charge is -2.39. The first-order valence-electron chi connectivity index (χ1n) is 8.60. The Morgan fingerprint density at radius 1 is 1.30 bits per heavy atom. The van der Waals surface area contributed by atoms with Gasteiger partial charge >= 0.3 is 0 Å². The SMILES string of the molecule is CN(CC(=O)N1CCC2(CCN(C)C2)CC1)Cc1cccnc1. The summed E-state index contributed by atoms with van der Waals surface area (Å²) in [5.41, 5.74) is 1.63. The fraction of sp³-hybridized carbons (Fsp3) is 0.667. The average molecular weight is 316 g/mol. The summed E-state index contributed by atoms with van der Waals surface area (Å²) in [6.07, 6.45) is 7.26. The smallest absolute Gasteiger partial charge is 0.236 e. The third-order valence-corrected chi connectivity index (χ3v) is 5.39. The zero-order valence-corrected chi connectivity index (χ0v) is 14.4. The molecule has 2 aliphatic heterocycles. The van der Waals surface area contributed by atoms with E-state index in [4.69, 9.17) is 0 Å². The minimum Gasteiger partial charge on any atom is -0.342 e. The van der Waals surface area contributed by atoms with Crippen molar-refractivity contribution in [2.75, 3.05) is 46.8 Å². The highest BCUT2D eigenvalue weighted by atomic mass is 16.2. The molecular weight excluding hydrogens is 288 g/mol. The molecule has 5 heteroatoms. The molecule has 0 aromatic carbocycles. The maximum Gasteiger partial charge on any atom is 0.236 e. The van der Waals surface area contributed by atoms with E-state index in [2.05, 4.69) is 32.8 Å². The minimum absolute atomic E-state index is 0.262. The van der Waals surface area contributed by atoms with Gasteiger partial charge in [-0.2, -0.15) is 0 Å². The summed E-state index contributed by atoms with van der Waals surface area (Å²) in [7, 11) is 4.21. The molecule has 2 fully saturated rings. The average Bonchev–Trinajstić information content (AvgIpc) is 2.89. The van der Waals surface area contributed by atoms with Crippen LogP contribution in [0.3, 0.4) is 0 Å². The van der Waals surface area contributed by atoms with Crippen molar-refractivity contribution in [3.63, 3.8) is 0 Å². The van der Waals surface area contributed by atoms with E-state index in [1.165, 1.54) is 19.5 Å². The lowest BCUT2D eigenvalue weighted by atomic mass is 9.78. The van der Waals surface area contributed by atoms with Crippen molar-refractivity contribution < 1.29 is 4.79 Å². The number of pyridine rings is 1. The van der Waals surface area contributed by atoms with Gasteiger partial charge < -0.3 is 9.80 Å². The zero-order chi connectivity index (χ0) is 16.3. The molecule has 0 aliphatic carbocycles.